The highest BCUT2D eigenvalue weighted by atomic mass is 32.1. The van der Waals surface area contributed by atoms with Crippen LogP contribution in [-0.2, 0) is 18.3 Å². The maximum Gasteiger partial charge on any atom is 0.256 e. The van der Waals surface area contributed by atoms with E-state index in [2.05, 4.69) is 26.1 Å². The smallest absolute Gasteiger partial charge is 0.256 e. The second-order valence-electron chi connectivity index (χ2n) is 8.89. The number of anilines is 1. The molecule has 0 bridgehead atoms. The zero-order valence-electron chi connectivity index (χ0n) is 17.7. The summed E-state index contributed by atoms with van der Waals surface area (Å²) in [4.78, 5) is 27.5. The maximum atomic E-state index is 13.3. The van der Waals surface area contributed by atoms with Gasteiger partial charge in [0.2, 0.25) is 0 Å². The molecule has 0 unspecified atom stereocenters. The summed E-state index contributed by atoms with van der Waals surface area (Å²) in [5, 5.41) is 3.73. The minimum atomic E-state index is -0.170. The van der Waals surface area contributed by atoms with Crippen LogP contribution in [-0.4, -0.2) is 11.7 Å². The van der Waals surface area contributed by atoms with E-state index in [0.717, 1.165) is 31.2 Å². The maximum absolute atomic E-state index is 13.3. The van der Waals surface area contributed by atoms with Gasteiger partial charge in [-0.25, -0.2) is 0 Å². The van der Waals surface area contributed by atoms with Crippen molar-refractivity contribution in [2.75, 3.05) is 5.32 Å². The Bertz CT molecular complexity index is 1070. The van der Waals surface area contributed by atoms with Gasteiger partial charge < -0.3 is 5.32 Å². The number of rotatable bonds is 4. The molecule has 1 aliphatic carbocycles. The van der Waals surface area contributed by atoms with E-state index < -0.39 is 0 Å². The molecule has 0 radical (unpaired) electrons. The Hall–Kier alpha value is -2.72. The van der Waals surface area contributed by atoms with Crippen LogP contribution in [0.5, 0.6) is 0 Å². The normalized spacial score (nSPS) is 13.6. The third-order valence-corrected chi connectivity index (χ3v) is 6.88. The SMILES string of the molecule is CC(C)(C)c1ccc(C(=O)Nc2sc3c(c2C(=O)c2ccccc2)CCCC3)cc1. The number of benzene rings is 2. The van der Waals surface area contributed by atoms with E-state index >= 15 is 0 Å². The summed E-state index contributed by atoms with van der Waals surface area (Å²) >= 11 is 1.56. The van der Waals surface area contributed by atoms with Gasteiger partial charge in [0.15, 0.2) is 5.78 Å². The number of ketones is 1. The number of aryl methyl sites for hydroxylation is 1. The molecule has 1 N–H and O–H groups in total. The van der Waals surface area contributed by atoms with Gasteiger partial charge in [-0.1, -0.05) is 63.2 Å². The summed E-state index contributed by atoms with van der Waals surface area (Å²) < 4.78 is 0. The lowest BCUT2D eigenvalue weighted by atomic mass is 9.86. The molecular weight excluding hydrogens is 390 g/mol. The van der Waals surface area contributed by atoms with Crippen LogP contribution in [0.4, 0.5) is 5.00 Å². The average Bonchev–Trinajstić information content (AvgIpc) is 3.11. The molecular formula is C26H27NO2S. The van der Waals surface area contributed by atoms with Gasteiger partial charge >= 0.3 is 0 Å². The molecule has 2 aromatic carbocycles. The molecule has 0 saturated heterocycles. The van der Waals surface area contributed by atoms with Gasteiger partial charge in [-0.3, -0.25) is 9.59 Å². The van der Waals surface area contributed by atoms with Crippen LogP contribution in [0.2, 0.25) is 0 Å². The largest absolute Gasteiger partial charge is 0.313 e. The number of thiophene rings is 1. The summed E-state index contributed by atoms with van der Waals surface area (Å²) in [6.07, 6.45) is 4.09. The molecule has 30 heavy (non-hydrogen) atoms. The molecule has 0 fully saturated rings. The Morgan fingerprint density at radius 1 is 0.867 bits per heavy atom. The van der Waals surface area contributed by atoms with Crippen LogP contribution in [0, 0.1) is 0 Å². The summed E-state index contributed by atoms with van der Waals surface area (Å²) in [6.45, 7) is 6.46. The van der Waals surface area contributed by atoms with Gasteiger partial charge in [0, 0.05) is 16.0 Å². The highest BCUT2D eigenvalue weighted by molar-refractivity contribution is 7.17. The summed E-state index contributed by atoms with van der Waals surface area (Å²) in [5.41, 5.74) is 4.29. The van der Waals surface area contributed by atoms with Crippen molar-refractivity contribution in [2.24, 2.45) is 0 Å². The number of carbonyl (C=O) groups is 2. The molecule has 4 heteroatoms. The van der Waals surface area contributed by atoms with Gasteiger partial charge in [-0.05, 0) is 54.4 Å². The second kappa shape index (κ2) is 8.19. The summed E-state index contributed by atoms with van der Waals surface area (Å²) in [6, 6.07) is 17.1. The molecule has 4 rings (SSSR count). The Morgan fingerprint density at radius 3 is 2.20 bits per heavy atom. The summed E-state index contributed by atoms with van der Waals surface area (Å²) in [7, 11) is 0. The first-order valence-electron chi connectivity index (χ1n) is 10.5. The van der Waals surface area contributed by atoms with E-state index in [-0.39, 0.29) is 17.1 Å². The predicted octanol–water partition coefficient (Wildman–Crippen LogP) is 6.41. The van der Waals surface area contributed by atoms with Crippen LogP contribution in [0.1, 0.15) is 75.9 Å². The number of nitrogens with one attached hydrogen (secondary N) is 1. The van der Waals surface area contributed by atoms with Crippen LogP contribution in [0.3, 0.4) is 0 Å². The number of hydrogen-bond acceptors (Lipinski definition) is 3. The molecule has 1 amide bonds. The van der Waals surface area contributed by atoms with Gasteiger partial charge in [0.1, 0.15) is 5.00 Å². The zero-order chi connectivity index (χ0) is 21.3. The van der Waals surface area contributed by atoms with Crippen molar-refractivity contribution in [3.63, 3.8) is 0 Å². The third kappa shape index (κ3) is 4.10. The average molecular weight is 418 g/mol. The summed E-state index contributed by atoms with van der Waals surface area (Å²) in [5.74, 6) is -0.176. The number of carbonyl (C=O) groups excluding carboxylic acids is 2. The predicted molar refractivity (Wildman–Crippen MR) is 124 cm³/mol. The molecule has 1 aromatic heterocycles. The van der Waals surface area contributed by atoms with Crippen LogP contribution in [0.15, 0.2) is 54.6 Å². The van der Waals surface area contributed by atoms with E-state index in [1.807, 2.05) is 54.6 Å². The van der Waals surface area contributed by atoms with Crippen molar-refractivity contribution in [3.8, 4) is 0 Å². The number of fused-ring (bicyclic) bond motifs is 1. The molecule has 3 nitrogen and oxygen atoms in total. The number of amides is 1. The minimum absolute atomic E-state index is 0.00613. The lowest BCUT2D eigenvalue weighted by molar-refractivity contribution is 0.102. The third-order valence-electron chi connectivity index (χ3n) is 5.67. The van der Waals surface area contributed by atoms with Crippen molar-refractivity contribution in [1.29, 1.82) is 0 Å². The molecule has 3 aromatic rings. The monoisotopic (exact) mass is 417 g/mol. The standard InChI is InChI=1S/C26H27NO2S/c1-26(2,3)19-15-13-18(14-16-19)24(29)27-25-22(20-11-7-8-12-21(20)30-25)23(28)17-9-5-4-6-10-17/h4-6,9-10,13-16H,7-8,11-12H2,1-3H3,(H,27,29). The Balaban J connectivity index is 1.66. The molecule has 0 saturated carbocycles. The van der Waals surface area contributed by atoms with E-state index in [9.17, 15) is 9.59 Å². The Morgan fingerprint density at radius 2 is 1.53 bits per heavy atom. The van der Waals surface area contributed by atoms with Gasteiger partial charge in [0.25, 0.3) is 5.91 Å². The van der Waals surface area contributed by atoms with Crippen molar-refractivity contribution in [1.82, 2.24) is 0 Å². The van der Waals surface area contributed by atoms with E-state index in [4.69, 9.17) is 0 Å². The minimum Gasteiger partial charge on any atom is -0.313 e. The van der Waals surface area contributed by atoms with Gasteiger partial charge in [0.05, 0.1) is 5.56 Å². The highest BCUT2D eigenvalue weighted by Gasteiger charge is 2.27. The van der Waals surface area contributed by atoms with E-state index in [0.29, 0.717) is 21.7 Å². The van der Waals surface area contributed by atoms with Crippen LogP contribution in [0.25, 0.3) is 0 Å². The van der Waals surface area contributed by atoms with Crippen molar-refractivity contribution in [2.45, 2.75) is 51.9 Å². The fourth-order valence-electron chi connectivity index (χ4n) is 3.92. The molecule has 1 aliphatic rings. The topological polar surface area (TPSA) is 46.2 Å². The van der Waals surface area contributed by atoms with Crippen LogP contribution < -0.4 is 5.32 Å². The molecule has 154 valence electrons. The highest BCUT2D eigenvalue weighted by Crippen LogP contribution is 2.39. The second-order valence-corrected chi connectivity index (χ2v) is 10.00. The fourth-order valence-corrected chi connectivity index (χ4v) is 5.21. The van der Waals surface area contributed by atoms with E-state index in [1.54, 1.807) is 11.3 Å². The van der Waals surface area contributed by atoms with E-state index in [1.165, 1.54) is 10.4 Å². The molecule has 0 spiro atoms. The Labute approximate surface area is 182 Å². The fraction of sp³-hybridized carbons (Fsp3) is 0.308. The lowest BCUT2D eigenvalue weighted by Crippen LogP contribution is -2.16. The quantitative estimate of drug-likeness (QED) is 0.499. The van der Waals surface area contributed by atoms with Crippen molar-refractivity contribution >= 4 is 28.0 Å². The lowest BCUT2D eigenvalue weighted by Gasteiger charge is -2.19. The zero-order valence-corrected chi connectivity index (χ0v) is 18.6. The molecule has 0 atom stereocenters. The van der Waals surface area contributed by atoms with Gasteiger partial charge in [-0.15, -0.1) is 11.3 Å². The van der Waals surface area contributed by atoms with Crippen LogP contribution >= 0.6 is 11.3 Å². The molecule has 0 aliphatic heterocycles. The van der Waals surface area contributed by atoms with Crippen molar-refractivity contribution < 1.29 is 9.59 Å². The van der Waals surface area contributed by atoms with Crippen molar-refractivity contribution in [3.05, 3.63) is 87.3 Å². The van der Waals surface area contributed by atoms with Gasteiger partial charge in [-0.2, -0.15) is 0 Å². The molecule has 1 heterocycles. The number of hydrogen-bond donors (Lipinski definition) is 1. The Kier molecular flexibility index (Phi) is 5.61. The first-order chi connectivity index (χ1) is 14.3. The first-order valence-corrected chi connectivity index (χ1v) is 11.3. The first kappa shape index (κ1) is 20.5.